The Labute approximate surface area is 200 Å². The van der Waals surface area contributed by atoms with E-state index in [1.165, 1.54) is 18.2 Å². The van der Waals surface area contributed by atoms with Crippen LogP contribution in [0.1, 0.15) is 40.7 Å². The molecule has 2 atom stereocenters. The number of likely N-dealkylation sites (tertiary alicyclic amines) is 1. The summed E-state index contributed by atoms with van der Waals surface area (Å²) in [6.45, 7) is 8.27. The lowest BCUT2D eigenvalue weighted by Crippen LogP contribution is -2.55. The summed E-state index contributed by atoms with van der Waals surface area (Å²) in [7, 11) is 1.42. The standard InChI is InChI=1S/C27H31ClN2O3/c1-3-12-29-13-10-22(29)16-30-17-27(11-4-5-19-14-21(28)7-8-23(19)27)18-33-25-9-6-20(15-24(25)30)26(31)32-2/h3,6-9,14-15,22H,1,4-5,10-13,16-18H2,2H3/t22-,27-/m0/s1. The maximum Gasteiger partial charge on any atom is 0.337 e. The number of halogens is 1. The minimum atomic E-state index is -0.328. The van der Waals surface area contributed by atoms with E-state index in [-0.39, 0.29) is 11.4 Å². The normalized spacial score (nSPS) is 24.2. The first kappa shape index (κ1) is 22.3. The molecule has 174 valence electrons. The number of hydrogen-bond donors (Lipinski definition) is 0. The van der Waals surface area contributed by atoms with Crippen LogP contribution < -0.4 is 9.64 Å². The van der Waals surface area contributed by atoms with Crippen LogP contribution in [0.4, 0.5) is 5.69 Å². The second-order valence-electron chi connectivity index (χ2n) is 9.50. The molecule has 2 aliphatic heterocycles. The molecule has 5 nitrogen and oxygen atoms in total. The van der Waals surface area contributed by atoms with E-state index < -0.39 is 0 Å². The molecular formula is C27H31ClN2O3. The topological polar surface area (TPSA) is 42.0 Å². The third-order valence-electron chi connectivity index (χ3n) is 7.52. The number of fused-ring (bicyclic) bond motifs is 3. The van der Waals surface area contributed by atoms with Gasteiger partial charge in [0.1, 0.15) is 5.75 Å². The first-order valence-electron chi connectivity index (χ1n) is 11.8. The number of carbonyl (C=O) groups is 1. The number of carbonyl (C=O) groups excluding carboxylic acids is 1. The number of benzene rings is 2. The predicted molar refractivity (Wildman–Crippen MR) is 132 cm³/mol. The van der Waals surface area contributed by atoms with Crippen molar-refractivity contribution >= 4 is 23.3 Å². The van der Waals surface area contributed by atoms with Crippen molar-refractivity contribution in [3.63, 3.8) is 0 Å². The van der Waals surface area contributed by atoms with E-state index in [1.807, 2.05) is 24.3 Å². The smallest absolute Gasteiger partial charge is 0.337 e. The molecule has 2 aromatic carbocycles. The minimum absolute atomic E-state index is 0.115. The van der Waals surface area contributed by atoms with Gasteiger partial charge in [-0.1, -0.05) is 23.7 Å². The summed E-state index contributed by atoms with van der Waals surface area (Å²) in [5.41, 5.74) is 4.08. The van der Waals surface area contributed by atoms with Crippen molar-refractivity contribution in [1.82, 2.24) is 4.90 Å². The predicted octanol–water partition coefficient (Wildman–Crippen LogP) is 4.86. The number of anilines is 1. The van der Waals surface area contributed by atoms with Gasteiger partial charge < -0.3 is 14.4 Å². The van der Waals surface area contributed by atoms with E-state index in [0.717, 1.165) is 68.3 Å². The highest BCUT2D eigenvalue weighted by Gasteiger charge is 2.43. The van der Waals surface area contributed by atoms with Crippen LogP contribution in [-0.4, -0.2) is 56.8 Å². The summed E-state index contributed by atoms with van der Waals surface area (Å²) in [5, 5.41) is 0.790. The maximum absolute atomic E-state index is 12.3. The van der Waals surface area contributed by atoms with Gasteiger partial charge in [0.25, 0.3) is 0 Å². The van der Waals surface area contributed by atoms with Crippen LogP contribution in [0, 0.1) is 0 Å². The lowest BCUT2D eigenvalue weighted by Gasteiger charge is -2.46. The molecule has 1 spiro atoms. The molecule has 0 unspecified atom stereocenters. The van der Waals surface area contributed by atoms with E-state index >= 15 is 0 Å². The van der Waals surface area contributed by atoms with Crippen molar-refractivity contribution in [3.8, 4) is 5.75 Å². The van der Waals surface area contributed by atoms with E-state index in [0.29, 0.717) is 18.2 Å². The fourth-order valence-electron chi connectivity index (χ4n) is 5.72. The van der Waals surface area contributed by atoms with Gasteiger partial charge in [-0.3, -0.25) is 4.90 Å². The molecule has 0 radical (unpaired) electrons. The first-order valence-corrected chi connectivity index (χ1v) is 12.1. The summed E-state index contributed by atoms with van der Waals surface area (Å²) in [5.74, 6) is 0.501. The van der Waals surface area contributed by atoms with Crippen LogP contribution in [0.25, 0.3) is 0 Å². The zero-order valence-electron chi connectivity index (χ0n) is 19.2. The fourth-order valence-corrected chi connectivity index (χ4v) is 5.92. The Morgan fingerprint density at radius 1 is 1.33 bits per heavy atom. The van der Waals surface area contributed by atoms with Crippen LogP contribution in [-0.2, 0) is 16.6 Å². The largest absolute Gasteiger partial charge is 0.490 e. The monoisotopic (exact) mass is 466 g/mol. The van der Waals surface area contributed by atoms with Crippen LogP contribution >= 0.6 is 11.6 Å². The van der Waals surface area contributed by atoms with E-state index in [1.54, 1.807) is 6.07 Å². The molecular weight excluding hydrogens is 436 g/mol. The molecule has 5 rings (SSSR count). The van der Waals surface area contributed by atoms with Crippen molar-refractivity contribution in [2.45, 2.75) is 37.1 Å². The molecule has 33 heavy (non-hydrogen) atoms. The van der Waals surface area contributed by atoms with Gasteiger partial charge in [0.2, 0.25) is 0 Å². The van der Waals surface area contributed by atoms with Gasteiger partial charge in [-0.05, 0) is 67.1 Å². The van der Waals surface area contributed by atoms with Crippen molar-refractivity contribution < 1.29 is 14.3 Å². The summed E-state index contributed by atoms with van der Waals surface area (Å²) in [4.78, 5) is 17.2. The highest BCUT2D eigenvalue weighted by atomic mass is 35.5. The number of esters is 1. The van der Waals surface area contributed by atoms with Gasteiger partial charge in [-0.15, -0.1) is 6.58 Å². The molecule has 0 N–H and O–H groups in total. The highest BCUT2D eigenvalue weighted by molar-refractivity contribution is 6.30. The average molecular weight is 467 g/mol. The number of rotatable bonds is 5. The zero-order valence-corrected chi connectivity index (χ0v) is 19.9. The lowest BCUT2D eigenvalue weighted by atomic mass is 9.70. The molecule has 3 aliphatic rings. The van der Waals surface area contributed by atoms with Crippen LogP contribution in [0.15, 0.2) is 49.1 Å². The summed E-state index contributed by atoms with van der Waals surface area (Å²) >= 11 is 6.34. The van der Waals surface area contributed by atoms with Gasteiger partial charge in [-0.25, -0.2) is 4.79 Å². The summed E-state index contributed by atoms with van der Waals surface area (Å²) in [6.07, 6.45) is 6.37. The summed E-state index contributed by atoms with van der Waals surface area (Å²) in [6, 6.07) is 12.4. The Bertz CT molecular complexity index is 1070. The minimum Gasteiger partial charge on any atom is -0.490 e. The van der Waals surface area contributed by atoms with Gasteiger partial charge in [0.05, 0.1) is 25.0 Å². The highest BCUT2D eigenvalue weighted by Crippen LogP contribution is 2.45. The number of nitrogens with zero attached hydrogens (tertiary/aromatic N) is 2. The van der Waals surface area contributed by atoms with Gasteiger partial charge in [0.15, 0.2) is 0 Å². The van der Waals surface area contributed by atoms with E-state index in [4.69, 9.17) is 21.1 Å². The summed E-state index contributed by atoms with van der Waals surface area (Å²) < 4.78 is 11.5. The van der Waals surface area contributed by atoms with Gasteiger partial charge in [-0.2, -0.15) is 0 Å². The molecule has 0 amide bonds. The number of ether oxygens (including phenoxy) is 2. The molecule has 0 aromatic heterocycles. The van der Waals surface area contributed by atoms with Gasteiger partial charge >= 0.3 is 5.97 Å². The Morgan fingerprint density at radius 3 is 2.97 bits per heavy atom. The Kier molecular flexibility index (Phi) is 6.11. The number of hydrogen-bond acceptors (Lipinski definition) is 5. The van der Waals surface area contributed by atoms with Crippen molar-refractivity contribution in [2.75, 3.05) is 44.8 Å². The SMILES string of the molecule is C=CCN1CC[C@H]1CN1C[C@@]2(CCCc3cc(Cl)ccc32)COc2ccc(C(=O)OC)cc21. The van der Waals surface area contributed by atoms with Gasteiger partial charge in [0, 0.05) is 42.7 Å². The van der Waals surface area contributed by atoms with Crippen LogP contribution in [0.3, 0.4) is 0 Å². The molecule has 2 heterocycles. The molecule has 0 saturated carbocycles. The Balaban J connectivity index is 1.54. The van der Waals surface area contributed by atoms with Crippen LogP contribution in [0.2, 0.25) is 5.02 Å². The van der Waals surface area contributed by atoms with E-state index in [2.05, 4.69) is 28.5 Å². The zero-order chi connectivity index (χ0) is 23.0. The lowest BCUT2D eigenvalue weighted by molar-refractivity contribution is 0.0600. The van der Waals surface area contributed by atoms with Crippen LogP contribution in [0.5, 0.6) is 5.75 Å². The molecule has 1 fully saturated rings. The number of aryl methyl sites for hydroxylation is 1. The Hall–Kier alpha value is -2.50. The third-order valence-corrected chi connectivity index (χ3v) is 7.75. The quantitative estimate of drug-likeness (QED) is 0.465. The van der Waals surface area contributed by atoms with E-state index in [9.17, 15) is 4.79 Å². The van der Waals surface area contributed by atoms with Crippen molar-refractivity contribution in [3.05, 3.63) is 70.8 Å². The average Bonchev–Trinajstić information content (AvgIpc) is 2.97. The number of methoxy groups -OCH3 is 1. The second-order valence-corrected chi connectivity index (χ2v) is 9.94. The molecule has 0 bridgehead atoms. The Morgan fingerprint density at radius 2 is 2.21 bits per heavy atom. The molecule has 2 aromatic rings. The van der Waals surface area contributed by atoms with Crippen molar-refractivity contribution in [1.29, 1.82) is 0 Å². The first-order chi connectivity index (χ1) is 16.0. The molecule has 6 heteroatoms. The molecule has 1 aliphatic carbocycles. The van der Waals surface area contributed by atoms with Crippen molar-refractivity contribution in [2.24, 2.45) is 0 Å². The fraction of sp³-hybridized carbons (Fsp3) is 0.444. The second kappa shape index (κ2) is 9.03. The maximum atomic E-state index is 12.3. The molecule has 1 saturated heterocycles. The third kappa shape index (κ3) is 4.13.